The molecule has 0 bridgehead atoms. The van der Waals surface area contributed by atoms with Crippen molar-refractivity contribution in [3.63, 3.8) is 0 Å². The van der Waals surface area contributed by atoms with Crippen LogP contribution in [0.1, 0.15) is 24.6 Å². The Labute approximate surface area is 159 Å². The number of carbonyl (C=O) groups is 1. The highest BCUT2D eigenvalue weighted by molar-refractivity contribution is 9.09. The molecule has 2 rings (SSSR count). The zero-order chi connectivity index (χ0) is 17.9. The topological polar surface area (TPSA) is 72.8 Å². The Bertz CT molecular complexity index is 706. The maximum absolute atomic E-state index is 11.4. The van der Waals surface area contributed by atoms with Crippen LogP contribution in [0.3, 0.4) is 0 Å². The highest BCUT2D eigenvalue weighted by atomic mass is 79.9. The number of carbonyl (C=O) groups excluding carboxylic acids is 1. The summed E-state index contributed by atoms with van der Waals surface area (Å²) in [6.45, 7) is 2.83. The van der Waals surface area contributed by atoms with Gasteiger partial charge in [-0.2, -0.15) is 5.10 Å². The van der Waals surface area contributed by atoms with Gasteiger partial charge in [0.1, 0.15) is 5.75 Å². The molecule has 0 atom stereocenters. The Kier molecular flexibility index (Phi) is 8.41. The molecule has 1 N–H and O–H groups in total. The fourth-order valence-electron chi connectivity index (χ4n) is 1.89. The lowest BCUT2D eigenvalue weighted by Crippen LogP contribution is -2.07. The quantitative estimate of drug-likeness (QED) is 0.205. The van der Waals surface area contributed by atoms with Crippen LogP contribution in [0.25, 0.3) is 0 Å². The van der Waals surface area contributed by atoms with E-state index in [9.17, 15) is 4.79 Å². The van der Waals surface area contributed by atoms with Crippen LogP contribution in [0.15, 0.2) is 34.7 Å². The minimum atomic E-state index is -0.278. The number of nitrogens with zero attached hydrogens (tertiary/aromatic N) is 2. The molecule has 0 aliphatic heterocycles. The number of anilines is 1. The molecule has 0 saturated heterocycles. The number of aromatic nitrogens is 1. The predicted octanol–water partition coefficient (Wildman–Crippen LogP) is 3.86. The van der Waals surface area contributed by atoms with Gasteiger partial charge in [-0.1, -0.05) is 28.1 Å². The molecule has 1 aromatic carbocycles. The van der Waals surface area contributed by atoms with Crippen molar-refractivity contribution >= 4 is 44.6 Å². The van der Waals surface area contributed by atoms with E-state index in [0.29, 0.717) is 24.0 Å². The number of thiazole rings is 1. The average molecular weight is 426 g/mol. The number of esters is 1. The number of hydrogen-bond acceptors (Lipinski definition) is 7. The number of hydrazone groups is 1. The number of halogens is 1. The third-order valence-corrected chi connectivity index (χ3v) is 4.32. The zero-order valence-electron chi connectivity index (χ0n) is 13.9. The standard InChI is InChI=1S/C17H20BrN3O3S/c1-2-23-16(22)10-14-12-25-17(20-14)21-19-11-13-5-3-6-15(9-13)24-8-4-7-18/h3,5-6,9,11-12H,2,4,7-8,10H2,1H3,(H,20,21). The molecule has 0 radical (unpaired) electrons. The normalized spacial score (nSPS) is 10.8. The first kappa shape index (κ1) is 19.4. The Morgan fingerprint density at radius 1 is 1.48 bits per heavy atom. The Balaban J connectivity index is 1.85. The second kappa shape index (κ2) is 10.8. The zero-order valence-corrected chi connectivity index (χ0v) is 16.3. The van der Waals surface area contributed by atoms with Crippen molar-refractivity contribution in [3.05, 3.63) is 40.9 Å². The van der Waals surface area contributed by atoms with Gasteiger partial charge >= 0.3 is 5.97 Å². The van der Waals surface area contributed by atoms with Crippen LogP contribution in [0, 0.1) is 0 Å². The Morgan fingerprint density at radius 3 is 3.16 bits per heavy atom. The molecule has 134 valence electrons. The molecule has 6 nitrogen and oxygen atoms in total. The van der Waals surface area contributed by atoms with Crippen molar-refractivity contribution in [3.8, 4) is 5.75 Å². The van der Waals surface area contributed by atoms with Crippen molar-refractivity contribution in [1.82, 2.24) is 4.98 Å². The fraction of sp³-hybridized carbons (Fsp3) is 0.353. The van der Waals surface area contributed by atoms with Crippen LogP contribution in [-0.2, 0) is 16.0 Å². The van der Waals surface area contributed by atoms with Crippen molar-refractivity contribution < 1.29 is 14.3 Å². The largest absolute Gasteiger partial charge is 0.494 e. The van der Waals surface area contributed by atoms with Crippen LogP contribution in [-0.4, -0.2) is 35.7 Å². The van der Waals surface area contributed by atoms with Crippen molar-refractivity contribution in [2.24, 2.45) is 5.10 Å². The lowest BCUT2D eigenvalue weighted by atomic mass is 10.2. The summed E-state index contributed by atoms with van der Waals surface area (Å²) in [6, 6.07) is 7.71. The summed E-state index contributed by atoms with van der Waals surface area (Å²) in [4.78, 5) is 15.7. The predicted molar refractivity (Wildman–Crippen MR) is 104 cm³/mol. The number of benzene rings is 1. The maximum Gasteiger partial charge on any atom is 0.311 e. The SMILES string of the molecule is CCOC(=O)Cc1csc(NN=Cc2cccc(OCCCBr)c2)n1. The maximum atomic E-state index is 11.4. The first-order valence-corrected chi connectivity index (χ1v) is 9.89. The van der Waals surface area contributed by atoms with Gasteiger partial charge in [0.2, 0.25) is 5.13 Å². The highest BCUT2D eigenvalue weighted by Crippen LogP contribution is 2.16. The van der Waals surface area contributed by atoms with Crippen molar-refractivity contribution in [1.29, 1.82) is 0 Å². The number of ether oxygens (including phenoxy) is 2. The molecule has 1 heterocycles. The van der Waals surface area contributed by atoms with Gasteiger partial charge in [0.15, 0.2) is 0 Å². The molecule has 0 aliphatic rings. The van der Waals surface area contributed by atoms with E-state index in [1.165, 1.54) is 11.3 Å². The molecular formula is C17H20BrN3O3S. The molecule has 0 unspecified atom stereocenters. The van der Waals surface area contributed by atoms with E-state index in [1.54, 1.807) is 13.1 Å². The summed E-state index contributed by atoms with van der Waals surface area (Å²) in [7, 11) is 0. The summed E-state index contributed by atoms with van der Waals surface area (Å²) in [6.07, 6.45) is 2.82. The monoisotopic (exact) mass is 425 g/mol. The molecule has 0 saturated carbocycles. The molecule has 1 aromatic heterocycles. The minimum absolute atomic E-state index is 0.170. The third kappa shape index (κ3) is 7.23. The van der Waals surface area contributed by atoms with Gasteiger partial charge in [-0.15, -0.1) is 11.3 Å². The molecule has 25 heavy (non-hydrogen) atoms. The first-order chi connectivity index (χ1) is 12.2. The second-order valence-electron chi connectivity index (χ2n) is 4.96. The van der Waals surface area contributed by atoms with Gasteiger partial charge in [-0.25, -0.2) is 4.98 Å². The highest BCUT2D eigenvalue weighted by Gasteiger charge is 2.07. The summed E-state index contributed by atoms with van der Waals surface area (Å²) in [5.41, 5.74) is 4.46. The summed E-state index contributed by atoms with van der Waals surface area (Å²) in [5.74, 6) is 0.537. The van der Waals surface area contributed by atoms with E-state index >= 15 is 0 Å². The van der Waals surface area contributed by atoms with Crippen LogP contribution < -0.4 is 10.2 Å². The minimum Gasteiger partial charge on any atom is -0.494 e. The summed E-state index contributed by atoms with van der Waals surface area (Å²) >= 11 is 4.76. The van der Waals surface area contributed by atoms with Gasteiger partial charge in [0.25, 0.3) is 0 Å². The molecule has 0 spiro atoms. The first-order valence-electron chi connectivity index (χ1n) is 7.89. The average Bonchev–Trinajstić information content (AvgIpc) is 3.03. The third-order valence-electron chi connectivity index (χ3n) is 2.96. The van der Waals surface area contributed by atoms with Crippen LogP contribution in [0.2, 0.25) is 0 Å². The fourth-order valence-corrected chi connectivity index (χ4v) is 2.78. The lowest BCUT2D eigenvalue weighted by molar-refractivity contribution is -0.142. The van der Waals surface area contributed by atoms with E-state index in [2.05, 4.69) is 31.4 Å². The molecule has 0 aliphatic carbocycles. The van der Waals surface area contributed by atoms with E-state index in [4.69, 9.17) is 9.47 Å². The number of nitrogens with one attached hydrogen (secondary N) is 1. The molecular weight excluding hydrogens is 406 g/mol. The summed E-state index contributed by atoms with van der Waals surface area (Å²) in [5, 5.41) is 7.53. The number of alkyl halides is 1. The van der Waals surface area contributed by atoms with Gasteiger partial charge in [-0.3, -0.25) is 10.2 Å². The molecule has 0 amide bonds. The number of rotatable bonds is 10. The molecule has 0 fully saturated rings. The van der Waals surface area contributed by atoms with E-state index in [0.717, 1.165) is 23.1 Å². The van der Waals surface area contributed by atoms with E-state index in [-0.39, 0.29) is 12.4 Å². The van der Waals surface area contributed by atoms with Gasteiger partial charge in [-0.05, 0) is 31.0 Å². The second-order valence-corrected chi connectivity index (χ2v) is 6.61. The van der Waals surface area contributed by atoms with Crippen LogP contribution in [0.5, 0.6) is 5.75 Å². The van der Waals surface area contributed by atoms with Gasteiger partial charge in [0.05, 0.1) is 31.5 Å². The van der Waals surface area contributed by atoms with Crippen LogP contribution >= 0.6 is 27.3 Å². The van der Waals surface area contributed by atoms with Gasteiger partial charge < -0.3 is 9.47 Å². The van der Waals surface area contributed by atoms with Crippen molar-refractivity contribution in [2.75, 3.05) is 24.0 Å². The van der Waals surface area contributed by atoms with Gasteiger partial charge in [0, 0.05) is 10.7 Å². The van der Waals surface area contributed by atoms with E-state index < -0.39 is 0 Å². The molecule has 8 heteroatoms. The molecule has 2 aromatic rings. The van der Waals surface area contributed by atoms with E-state index in [1.807, 2.05) is 29.6 Å². The Hall–Kier alpha value is -1.93. The van der Waals surface area contributed by atoms with Crippen LogP contribution in [0.4, 0.5) is 5.13 Å². The number of hydrogen-bond donors (Lipinski definition) is 1. The summed E-state index contributed by atoms with van der Waals surface area (Å²) < 4.78 is 10.5. The Morgan fingerprint density at radius 2 is 2.36 bits per heavy atom. The lowest BCUT2D eigenvalue weighted by Gasteiger charge is -2.05. The van der Waals surface area contributed by atoms with Crippen molar-refractivity contribution in [2.45, 2.75) is 19.8 Å². The smallest absolute Gasteiger partial charge is 0.311 e.